The van der Waals surface area contributed by atoms with E-state index in [1.165, 1.54) is 0 Å². The van der Waals surface area contributed by atoms with E-state index in [2.05, 4.69) is 0 Å². The Hall–Kier alpha value is 1.90. The predicted octanol–water partition coefficient (Wildman–Crippen LogP) is 0.460. The van der Waals surface area contributed by atoms with Crippen LogP contribution in [0.1, 0.15) is 0 Å². The topological polar surface area (TPSA) is 0 Å². The standard InChI is InChI=1S/2ClH.Fe.Sn/h2*1H;;. The maximum atomic E-state index is 0. The van der Waals surface area contributed by atoms with Gasteiger partial charge in [0.05, 0.1) is 0 Å². The number of rotatable bonds is 0. The normalized spacial score (nSPS) is 0. The Morgan fingerprint density at radius 1 is 0.750 bits per heavy atom. The third-order valence-electron chi connectivity index (χ3n) is 0. The van der Waals surface area contributed by atoms with Gasteiger partial charge in [-0.1, -0.05) is 0 Å². The summed E-state index contributed by atoms with van der Waals surface area (Å²) in [6.45, 7) is 0. The maximum absolute atomic E-state index is 0. The van der Waals surface area contributed by atoms with Gasteiger partial charge in [0.15, 0.2) is 0 Å². The first-order valence-corrected chi connectivity index (χ1v) is 0. The van der Waals surface area contributed by atoms with Crippen LogP contribution in [-0.4, -0.2) is 23.9 Å². The monoisotopic (exact) mass is 248 g/mol. The molecule has 0 aromatic heterocycles. The summed E-state index contributed by atoms with van der Waals surface area (Å²) in [5.41, 5.74) is 0. The van der Waals surface area contributed by atoms with Crippen molar-refractivity contribution >= 4 is 48.7 Å². The first kappa shape index (κ1) is 39.3. The summed E-state index contributed by atoms with van der Waals surface area (Å²) < 4.78 is 0. The van der Waals surface area contributed by atoms with E-state index >= 15 is 0 Å². The zero-order valence-electron chi connectivity index (χ0n) is 1.67. The van der Waals surface area contributed by atoms with Crippen molar-refractivity contribution in [1.29, 1.82) is 0 Å². The summed E-state index contributed by atoms with van der Waals surface area (Å²) in [7, 11) is 0. The molecule has 0 aromatic carbocycles. The Bertz CT molecular complexity index is 6.00. The SMILES string of the molecule is Cl.Cl.[Fe].[Sn]. The van der Waals surface area contributed by atoms with Crippen LogP contribution in [0.4, 0.5) is 0 Å². The van der Waals surface area contributed by atoms with Crippen LogP contribution in [0.25, 0.3) is 0 Å². The molecule has 4 heavy (non-hydrogen) atoms. The Morgan fingerprint density at radius 2 is 0.750 bits per heavy atom. The van der Waals surface area contributed by atoms with Gasteiger partial charge in [0.25, 0.3) is 0 Å². The summed E-state index contributed by atoms with van der Waals surface area (Å²) in [5, 5.41) is 0. The van der Waals surface area contributed by atoms with Gasteiger partial charge in [0.1, 0.15) is 0 Å². The predicted molar refractivity (Wildman–Crippen MR) is 20.2 cm³/mol. The molecule has 0 heterocycles. The summed E-state index contributed by atoms with van der Waals surface area (Å²) in [4.78, 5) is 0. The third kappa shape index (κ3) is 9.09. The Morgan fingerprint density at radius 3 is 0.750 bits per heavy atom. The molecule has 0 aliphatic heterocycles. The van der Waals surface area contributed by atoms with Crippen LogP contribution in [0, 0.1) is 0 Å². The zero-order chi connectivity index (χ0) is 0. The number of hydrogen-bond acceptors (Lipinski definition) is 0. The summed E-state index contributed by atoms with van der Waals surface area (Å²) in [6, 6.07) is 0. The van der Waals surface area contributed by atoms with Crippen LogP contribution in [0.2, 0.25) is 0 Å². The molecule has 0 amide bonds. The average molecular weight is 247 g/mol. The van der Waals surface area contributed by atoms with Gasteiger partial charge in [0, 0.05) is 41.0 Å². The van der Waals surface area contributed by atoms with Crippen molar-refractivity contribution in [3.05, 3.63) is 0 Å². The summed E-state index contributed by atoms with van der Waals surface area (Å²) in [5.74, 6) is 0. The molecule has 0 nitrogen and oxygen atoms in total. The minimum atomic E-state index is 0. The van der Waals surface area contributed by atoms with Crippen molar-refractivity contribution in [1.82, 2.24) is 0 Å². The van der Waals surface area contributed by atoms with Crippen LogP contribution < -0.4 is 0 Å². The molecule has 0 atom stereocenters. The second-order valence-corrected chi connectivity index (χ2v) is 0. The van der Waals surface area contributed by atoms with Crippen molar-refractivity contribution in [2.45, 2.75) is 0 Å². The van der Waals surface area contributed by atoms with Crippen molar-refractivity contribution in [2.75, 3.05) is 0 Å². The van der Waals surface area contributed by atoms with E-state index in [0.717, 1.165) is 0 Å². The van der Waals surface area contributed by atoms with Gasteiger partial charge in [-0.2, -0.15) is 0 Å². The first-order valence-electron chi connectivity index (χ1n) is 0. The van der Waals surface area contributed by atoms with Gasteiger partial charge in [-0.25, -0.2) is 0 Å². The minimum absolute atomic E-state index is 0. The molecule has 0 bridgehead atoms. The van der Waals surface area contributed by atoms with Crippen molar-refractivity contribution in [2.24, 2.45) is 0 Å². The molecule has 0 rings (SSSR count). The fraction of sp³-hybridized carbons (Fsp3) is 0. The molecule has 4 heteroatoms. The molecule has 4 radical (unpaired) electrons. The first-order chi connectivity index (χ1) is 0. The molecule has 0 aliphatic carbocycles. The van der Waals surface area contributed by atoms with E-state index in [9.17, 15) is 0 Å². The Balaban J connectivity index is 0. The van der Waals surface area contributed by atoms with Crippen molar-refractivity contribution < 1.29 is 17.1 Å². The van der Waals surface area contributed by atoms with E-state index in [1.54, 1.807) is 0 Å². The summed E-state index contributed by atoms with van der Waals surface area (Å²) in [6.07, 6.45) is 0. The smallest absolute Gasteiger partial charge is 0 e. The van der Waals surface area contributed by atoms with Crippen LogP contribution in [0.3, 0.4) is 0 Å². The second-order valence-electron chi connectivity index (χ2n) is 0. The molecule has 0 unspecified atom stereocenters. The van der Waals surface area contributed by atoms with Gasteiger partial charge < -0.3 is 0 Å². The molecule has 0 N–H and O–H groups in total. The van der Waals surface area contributed by atoms with Gasteiger partial charge in [-0.15, -0.1) is 24.8 Å². The van der Waals surface area contributed by atoms with Gasteiger partial charge in [-0.05, 0) is 0 Å². The zero-order valence-corrected chi connectivity index (χ0v) is 7.26. The molecule has 0 spiro atoms. The Kier molecular flexibility index (Phi) is 203. The largest absolute Gasteiger partial charge is 0.147 e. The number of halogens is 2. The number of hydrogen-bond donors (Lipinski definition) is 0. The van der Waals surface area contributed by atoms with E-state index in [-0.39, 0.29) is 65.8 Å². The maximum Gasteiger partial charge on any atom is 0 e. The molecule has 0 aromatic rings. The fourth-order valence-electron chi connectivity index (χ4n) is 0. The quantitative estimate of drug-likeness (QED) is 0.546. The molecular weight excluding hydrogens is 245 g/mol. The fourth-order valence-corrected chi connectivity index (χ4v) is 0. The van der Waals surface area contributed by atoms with Gasteiger partial charge >= 0.3 is 0 Å². The molecule has 0 saturated heterocycles. The minimum Gasteiger partial charge on any atom is -0.147 e. The van der Waals surface area contributed by atoms with Gasteiger partial charge in [0.2, 0.25) is 0 Å². The van der Waals surface area contributed by atoms with Crippen LogP contribution >= 0.6 is 24.8 Å². The van der Waals surface area contributed by atoms with E-state index in [4.69, 9.17) is 0 Å². The third-order valence-corrected chi connectivity index (χ3v) is 0. The van der Waals surface area contributed by atoms with Crippen LogP contribution in [-0.2, 0) is 17.1 Å². The molecule has 28 valence electrons. The summed E-state index contributed by atoms with van der Waals surface area (Å²) >= 11 is 0. The van der Waals surface area contributed by atoms with Crippen LogP contribution in [0.15, 0.2) is 0 Å². The van der Waals surface area contributed by atoms with E-state index < -0.39 is 0 Å². The van der Waals surface area contributed by atoms with E-state index in [0.29, 0.717) is 0 Å². The molecule has 0 saturated carbocycles. The van der Waals surface area contributed by atoms with E-state index in [1.807, 2.05) is 0 Å². The Labute approximate surface area is 65.3 Å². The van der Waals surface area contributed by atoms with Gasteiger partial charge in [-0.3, -0.25) is 0 Å². The van der Waals surface area contributed by atoms with Crippen molar-refractivity contribution in [3.8, 4) is 0 Å². The molecular formula is H2Cl2FeSn. The van der Waals surface area contributed by atoms with Crippen molar-refractivity contribution in [3.63, 3.8) is 0 Å². The molecule has 0 aliphatic rings. The average Bonchev–Trinajstić information content (AvgIpc) is 0. The molecule has 0 fully saturated rings. The van der Waals surface area contributed by atoms with Crippen LogP contribution in [0.5, 0.6) is 0 Å². The second kappa shape index (κ2) is 20.7.